The van der Waals surface area contributed by atoms with Gasteiger partial charge in [-0.15, -0.1) is 0 Å². The van der Waals surface area contributed by atoms with Crippen LogP contribution in [-0.2, 0) is 0 Å². The van der Waals surface area contributed by atoms with Crippen molar-refractivity contribution >= 4 is 11.4 Å². The molecule has 74 valence electrons. The van der Waals surface area contributed by atoms with Crippen LogP contribution in [-0.4, -0.2) is 15.8 Å². The maximum Gasteiger partial charge on any atom is 0.270 e. The Bertz CT molecular complexity index is 400. The van der Waals surface area contributed by atoms with E-state index in [4.69, 9.17) is 5.21 Å². The van der Waals surface area contributed by atoms with Crippen LogP contribution in [0.4, 0.5) is 5.69 Å². The van der Waals surface area contributed by atoms with Crippen molar-refractivity contribution < 1.29 is 15.2 Å². The van der Waals surface area contributed by atoms with Crippen LogP contribution in [0.15, 0.2) is 23.4 Å². The summed E-state index contributed by atoms with van der Waals surface area (Å²) in [6, 6.07) is 3.26. The topological polar surface area (TPSA) is 98.8 Å². The number of hydrogen-bond donors (Lipinski definition) is 1. The fourth-order valence-electron chi connectivity index (χ4n) is 0.968. The third-order valence-corrected chi connectivity index (χ3v) is 1.71. The Morgan fingerprint density at radius 1 is 1.57 bits per heavy atom. The zero-order valence-corrected chi connectivity index (χ0v) is 7.30. The number of nitro groups is 1. The Labute approximate surface area is 79.3 Å². The molecule has 0 aliphatic heterocycles. The average molecular weight is 195 g/mol. The van der Waals surface area contributed by atoms with E-state index >= 15 is 0 Å². The van der Waals surface area contributed by atoms with E-state index in [-0.39, 0.29) is 17.0 Å². The van der Waals surface area contributed by atoms with E-state index in [0.717, 1.165) is 18.2 Å². The summed E-state index contributed by atoms with van der Waals surface area (Å²) in [5, 5.41) is 32.8. The molecule has 0 fully saturated rings. The van der Waals surface area contributed by atoms with E-state index in [1.165, 1.54) is 6.92 Å². The zero-order chi connectivity index (χ0) is 10.7. The van der Waals surface area contributed by atoms with Crippen LogP contribution in [0.2, 0.25) is 0 Å². The molecule has 6 heteroatoms. The van der Waals surface area contributed by atoms with E-state index in [0.29, 0.717) is 0 Å². The first-order chi connectivity index (χ1) is 6.56. The molecule has 0 unspecified atom stereocenters. The van der Waals surface area contributed by atoms with Gasteiger partial charge >= 0.3 is 0 Å². The number of oxime groups is 1. The van der Waals surface area contributed by atoms with Gasteiger partial charge in [-0.1, -0.05) is 17.0 Å². The SMILES string of the molecule is C/C(=N\O)c1cc([N+](=O)[O-])ccc1[O-]. The minimum Gasteiger partial charge on any atom is -0.872 e. The monoisotopic (exact) mass is 195 g/mol. The lowest BCUT2D eigenvalue weighted by molar-refractivity contribution is -0.385. The van der Waals surface area contributed by atoms with Crippen LogP contribution in [0.5, 0.6) is 5.75 Å². The van der Waals surface area contributed by atoms with Crippen molar-refractivity contribution in [1.29, 1.82) is 0 Å². The van der Waals surface area contributed by atoms with Gasteiger partial charge in [0.05, 0.1) is 10.6 Å². The molecule has 0 saturated heterocycles. The summed E-state index contributed by atoms with van der Waals surface area (Å²) in [7, 11) is 0. The average Bonchev–Trinajstić information content (AvgIpc) is 2.17. The summed E-state index contributed by atoms with van der Waals surface area (Å²) in [6.07, 6.45) is 0. The lowest BCUT2D eigenvalue weighted by Crippen LogP contribution is -2.03. The normalized spacial score (nSPS) is 11.4. The Morgan fingerprint density at radius 3 is 2.71 bits per heavy atom. The molecule has 14 heavy (non-hydrogen) atoms. The molecule has 6 nitrogen and oxygen atoms in total. The molecule has 1 aromatic carbocycles. The Kier molecular flexibility index (Phi) is 2.66. The van der Waals surface area contributed by atoms with Gasteiger partial charge in [0.25, 0.3) is 5.69 Å². The Hall–Kier alpha value is -2.11. The van der Waals surface area contributed by atoms with Crippen LogP contribution in [0.25, 0.3) is 0 Å². The number of nitrogens with zero attached hydrogens (tertiary/aromatic N) is 2. The third kappa shape index (κ3) is 1.79. The lowest BCUT2D eigenvalue weighted by Gasteiger charge is -2.10. The van der Waals surface area contributed by atoms with Crippen molar-refractivity contribution in [2.75, 3.05) is 0 Å². The minimum absolute atomic E-state index is 0.0294. The van der Waals surface area contributed by atoms with Gasteiger partial charge in [0, 0.05) is 12.1 Å². The highest BCUT2D eigenvalue weighted by molar-refractivity contribution is 6.01. The summed E-state index contributed by atoms with van der Waals surface area (Å²) < 4.78 is 0. The first kappa shape index (κ1) is 9.97. The molecule has 0 atom stereocenters. The van der Waals surface area contributed by atoms with Gasteiger partial charge in [0.1, 0.15) is 0 Å². The van der Waals surface area contributed by atoms with Crippen LogP contribution < -0.4 is 5.11 Å². The first-order valence-corrected chi connectivity index (χ1v) is 3.70. The van der Waals surface area contributed by atoms with Gasteiger partial charge in [-0.25, -0.2) is 0 Å². The predicted octanol–water partition coefficient (Wildman–Crippen LogP) is 0.867. The fourth-order valence-corrected chi connectivity index (χ4v) is 0.968. The molecule has 0 radical (unpaired) electrons. The highest BCUT2D eigenvalue weighted by Crippen LogP contribution is 2.21. The van der Waals surface area contributed by atoms with E-state index in [1.54, 1.807) is 0 Å². The second kappa shape index (κ2) is 3.73. The smallest absolute Gasteiger partial charge is 0.270 e. The van der Waals surface area contributed by atoms with Crippen LogP contribution >= 0.6 is 0 Å². The molecule has 0 amide bonds. The van der Waals surface area contributed by atoms with Crippen molar-refractivity contribution in [2.45, 2.75) is 6.92 Å². The largest absolute Gasteiger partial charge is 0.872 e. The fraction of sp³-hybridized carbons (Fsp3) is 0.125. The molecule has 1 N–H and O–H groups in total. The molecule has 0 aromatic heterocycles. The number of nitro benzene ring substituents is 1. The second-order valence-electron chi connectivity index (χ2n) is 2.62. The molecule has 1 rings (SSSR count). The van der Waals surface area contributed by atoms with Crippen molar-refractivity contribution in [3.8, 4) is 5.75 Å². The van der Waals surface area contributed by atoms with E-state index < -0.39 is 10.7 Å². The molecule has 0 bridgehead atoms. The van der Waals surface area contributed by atoms with Gasteiger partial charge in [0.2, 0.25) is 0 Å². The summed E-state index contributed by atoms with van der Waals surface area (Å²) in [5.74, 6) is -0.411. The molecular weight excluding hydrogens is 188 g/mol. The van der Waals surface area contributed by atoms with Gasteiger partial charge in [-0.05, 0) is 12.5 Å². The van der Waals surface area contributed by atoms with Crippen molar-refractivity contribution in [3.63, 3.8) is 0 Å². The third-order valence-electron chi connectivity index (χ3n) is 1.71. The van der Waals surface area contributed by atoms with Gasteiger partial charge in [-0.2, -0.15) is 0 Å². The second-order valence-corrected chi connectivity index (χ2v) is 2.62. The minimum atomic E-state index is -0.617. The van der Waals surface area contributed by atoms with Crippen molar-refractivity contribution in [3.05, 3.63) is 33.9 Å². The van der Waals surface area contributed by atoms with Crippen molar-refractivity contribution in [2.24, 2.45) is 5.16 Å². The standard InChI is InChI=1S/C8H8N2O4/c1-5(9-12)7-4-6(10(13)14)2-3-8(7)11/h2-4,11-12H,1H3/p-1/b9-5+. The zero-order valence-electron chi connectivity index (χ0n) is 7.30. The molecule has 0 aliphatic carbocycles. The molecule has 0 aliphatic rings. The molecule has 0 spiro atoms. The first-order valence-electron chi connectivity index (χ1n) is 3.70. The number of hydrogen-bond acceptors (Lipinski definition) is 5. The van der Waals surface area contributed by atoms with Crippen LogP contribution in [0.1, 0.15) is 12.5 Å². The molecule has 0 saturated carbocycles. The van der Waals surface area contributed by atoms with Gasteiger partial charge in [0.15, 0.2) is 0 Å². The highest BCUT2D eigenvalue weighted by atomic mass is 16.6. The predicted molar refractivity (Wildman–Crippen MR) is 46.5 cm³/mol. The quantitative estimate of drug-likeness (QED) is 0.327. The van der Waals surface area contributed by atoms with Crippen LogP contribution in [0.3, 0.4) is 0 Å². The van der Waals surface area contributed by atoms with Crippen LogP contribution in [0, 0.1) is 10.1 Å². The van der Waals surface area contributed by atoms with Gasteiger partial charge in [-0.3, -0.25) is 10.1 Å². The molecule has 1 aromatic rings. The van der Waals surface area contributed by atoms with E-state index in [1.807, 2.05) is 0 Å². The summed E-state index contributed by atoms with van der Waals surface area (Å²) >= 11 is 0. The summed E-state index contributed by atoms with van der Waals surface area (Å²) in [4.78, 5) is 9.76. The van der Waals surface area contributed by atoms with E-state index in [2.05, 4.69) is 5.16 Å². The Morgan fingerprint density at radius 2 is 2.21 bits per heavy atom. The Balaban J connectivity index is 3.28. The molecule has 0 heterocycles. The van der Waals surface area contributed by atoms with E-state index in [9.17, 15) is 15.2 Å². The maximum absolute atomic E-state index is 11.2. The number of non-ortho nitro benzene ring substituents is 1. The number of rotatable bonds is 2. The molecular formula is C8H7N2O4-. The maximum atomic E-state index is 11.2. The summed E-state index contributed by atoms with van der Waals surface area (Å²) in [6.45, 7) is 1.39. The van der Waals surface area contributed by atoms with Crippen molar-refractivity contribution in [1.82, 2.24) is 0 Å². The van der Waals surface area contributed by atoms with Gasteiger partial charge < -0.3 is 10.3 Å². The number of benzene rings is 1. The lowest BCUT2D eigenvalue weighted by atomic mass is 10.1. The highest BCUT2D eigenvalue weighted by Gasteiger charge is 2.08. The summed E-state index contributed by atoms with van der Waals surface area (Å²) in [5.41, 5.74) is -0.122.